The third kappa shape index (κ3) is 6.72. The number of piperazine rings is 1. The van der Waals surface area contributed by atoms with Gasteiger partial charge in [-0.15, -0.1) is 0 Å². The van der Waals surface area contributed by atoms with Crippen LogP contribution in [0.3, 0.4) is 0 Å². The molecule has 7 heteroatoms. The second-order valence-corrected chi connectivity index (χ2v) is 7.84. The minimum Gasteiger partial charge on any atom is -0.490 e. The van der Waals surface area contributed by atoms with E-state index in [1.165, 1.54) is 0 Å². The van der Waals surface area contributed by atoms with E-state index in [2.05, 4.69) is 17.1 Å². The maximum atomic E-state index is 13.1. The molecule has 1 fully saturated rings. The van der Waals surface area contributed by atoms with Crippen molar-refractivity contribution in [1.29, 1.82) is 0 Å². The fourth-order valence-electron chi connectivity index (χ4n) is 3.51. The highest BCUT2D eigenvalue weighted by Gasteiger charge is 2.24. The smallest absolute Gasteiger partial charge is 0.254 e. The number of amides is 2. The van der Waals surface area contributed by atoms with Crippen LogP contribution in [0, 0.1) is 0 Å². The second-order valence-electron chi connectivity index (χ2n) is 7.84. The highest BCUT2D eigenvalue weighted by atomic mass is 16.5. The Labute approximate surface area is 190 Å². The number of para-hydroxylation sites is 1. The molecule has 172 valence electrons. The van der Waals surface area contributed by atoms with Gasteiger partial charge in [0.15, 0.2) is 11.5 Å². The lowest BCUT2D eigenvalue weighted by Crippen LogP contribution is -2.50. The Bertz CT molecular complexity index is 880. The summed E-state index contributed by atoms with van der Waals surface area (Å²) in [4.78, 5) is 29.2. The van der Waals surface area contributed by atoms with Crippen LogP contribution in [0.5, 0.6) is 11.5 Å². The first-order valence-corrected chi connectivity index (χ1v) is 11.4. The fourth-order valence-corrected chi connectivity index (χ4v) is 3.51. The lowest BCUT2D eigenvalue weighted by Gasteiger charge is -2.34. The van der Waals surface area contributed by atoms with Crippen molar-refractivity contribution in [2.24, 2.45) is 0 Å². The molecule has 32 heavy (non-hydrogen) atoms. The fraction of sp³-hybridized carbons (Fsp3) is 0.440. The molecule has 0 radical (unpaired) electrons. The zero-order chi connectivity index (χ0) is 22.8. The van der Waals surface area contributed by atoms with E-state index in [0.717, 1.165) is 18.5 Å². The van der Waals surface area contributed by atoms with Gasteiger partial charge in [-0.25, -0.2) is 0 Å². The Morgan fingerprint density at radius 3 is 2.19 bits per heavy atom. The van der Waals surface area contributed by atoms with E-state index < -0.39 is 0 Å². The SMILES string of the molecule is CCCOc1ccc(C(=O)N2CCN(CC(=O)Nc3ccccc3)CC2)cc1OCCC. The summed E-state index contributed by atoms with van der Waals surface area (Å²) >= 11 is 0. The molecule has 1 aliphatic heterocycles. The highest BCUT2D eigenvalue weighted by molar-refractivity contribution is 5.95. The van der Waals surface area contributed by atoms with Crippen LogP contribution in [0.15, 0.2) is 48.5 Å². The monoisotopic (exact) mass is 439 g/mol. The van der Waals surface area contributed by atoms with Gasteiger partial charge in [-0.3, -0.25) is 14.5 Å². The average molecular weight is 440 g/mol. The van der Waals surface area contributed by atoms with Crippen LogP contribution in [-0.2, 0) is 4.79 Å². The Kier molecular flexibility index (Phi) is 8.92. The summed E-state index contributed by atoms with van der Waals surface area (Å²) < 4.78 is 11.6. The first kappa shape index (κ1) is 23.6. The van der Waals surface area contributed by atoms with E-state index in [-0.39, 0.29) is 11.8 Å². The van der Waals surface area contributed by atoms with E-state index in [1.807, 2.05) is 48.2 Å². The molecule has 0 saturated carbocycles. The molecule has 0 atom stereocenters. The van der Waals surface area contributed by atoms with Crippen molar-refractivity contribution in [2.75, 3.05) is 51.3 Å². The number of hydrogen-bond acceptors (Lipinski definition) is 5. The van der Waals surface area contributed by atoms with Gasteiger partial charge >= 0.3 is 0 Å². The minimum absolute atomic E-state index is 0.0261. The highest BCUT2D eigenvalue weighted by Crippen LogP contribution is 2.29. The van der Waals surface area contributed by atoms with E-state index >= 15 is 0 Å². The number of rotatable bonds is 10. The van der Waals surface area contributed by atoms with Crippen molar-refractivity contribution in [3.05, 3.63) is 54.1 Å². The van der Waals surface area contributed by atoms with Gasteiger partial charge in [0.05, 0.1) is 19.8 Å². The van der Waals surface area contributed by atoms with Crippen LogP contribution >= 0.6 is 0 Å². The first-order valence-electron chi connectivity index (χ1n) is 11.4. The molecule has 3 rings (SSSR count). The van der Waals surface area contributed by atoms with Crippen LogP contribution in [0.2, 0.25) is 0 Å². The molecule has 0 spiro atoms. The lowest BCUT2D eigenvalue weighted by molar-refractivity contribution is -0.117. The molecule has 2 amide bonds. The van der Waals surface area contributed by atoms with Gasteiger partial charge in [0, 0.05) is 37.4 Å². The topological polar surface area (TPSA) is 71.1 Å². The number of benzene rings is 2. The number of anilines is 1. The molecular formula is C25H33N3O4. The molecular weight excluding hydrogens is 406 g/mol. The van der Waals surface area contributed by atoms with Crippen LogP contribution < -0.4 is 14.8 Å². The summed E-state index contributed by atoms with van der Waals surface area (Å²) in [5.41, 5.74) is 1.38. The average Bonchev–Trinajstić information content (AvgIpc) is 2.82. The zero-order valence-corrected chi connectivity index (χ0v) is 19.0. The molecule has 7 nitrogen and oxygen atoms in total. The molecule has 1 N–H and O–H groups in total. The van der Waals surface area contributed by atoms with E-state index in [4.69, 9.17) is 9.47 Å². The largest absolute Gasteiger partial charge is 0.490 e. The Morgan fingerprint density at radius 2 is 1.53 bits per heavy atom. The minimum atomic E-state index is -0.0450. The molecule has 1 heterocycles. The van der Waals surface area contributed by atoms with Gasteiger partial charge in [-0.05, 0) is 43.2 Å². The molecule has 0 unspecified atom stereocenters. The Balaban J connectivity index is 1.54. The maximum absolute atomic E-state index is 13.1. The quantitative estimate of drug-likeness (QED) is 0.612. The molecule has 0 bridgehead atoms. The van der Waals surface area contributed by atoms with Gasteiger partial charge in [0.25, 0.3) is 5.91 Å². The maximum Gasteiger partial charge on any atom is 0.254 e. The number of carbonyl (C=O) groups excluding carboxylic acids is 2. The standard InChI is InChI=1S/C25H33N3O4/c1-3-16-31-22-11-10-20(18-23(22)32-17-4-2)25(30)28-14-12-27(13-15-28)19-24(29)26-21-8-6-5-7-9-21/h5-11,18H,3-4,12-17,19H2,1-2H3,(H,26,29). The van der Waals surface area contributed by atoms with E-state index in [0.29, 0.717) is 63.0 Å². The van der Waals surface area contributed by atoms with Crippen molar-refractivity contribution in [3.63, 3.8) is 0 Å². The number of nitrogens with one attached hydrogen (secondary N) is 1. The van der Waals surface area contributed by atoms with Crippen molar-refractivity contribution in [3.8, 4) is 11.5 Å². The third-order valence-electron chi connectivity index (χ3n) is 5.20. The number of carbonyl (C=O) groups is 2. The first-order chi connectivity index (χ1) is 15.6. The summed E-state index contributed by atoms with van der Waals surface area (Å²) in [5.74, 6) is 1.21. The Morgan fingerprint density at radius 1 is 0.875 bits per heavy atom. The molecule has 0 aromatic heterocycles. The van der Waals surface area contributed by atoms with E-state index in [9.17, 15) is 9.59 Å². The summed E-state index contributed by atoms with van der Waals surface area (Å²) in [6, 6.07) is 14.8. The summed E-state index contributed by atoms with van der Waals surface area (Å²) in [6.45, 7) is 8.06. The molecule has 2 aromatic carbocycles. The summed E-state index contributed by atoms with van der Waals surface area (Å²) in [6.07, 6.45) is 1.78. The predicted molar refractivity (Wildman–Crippen MR) is 125 cm³/mol. The van der Waals surface area contributed by atoms with Crippen LogP contribution in [0.25, 0.3) is 0 Å². The van der Waals surface area contributed by atoms with Crippen LogP contribution in [0.1, 0.15) is 37.0 Å². The number of nitrogens with zero attached hydrogens (tertiary/aromatic N) is 2. The third-order valence-corrected chi connectivity index (χ3v) is 5.20. The number of hydrogen-bond donors (Lipinski definition) is 1. The number of ether oxygens (including phenoxy) is 2. The van der Waals surface area contributed by atoms with Gasteiger partial charge in [0.2, 0.25) is 5.91 Å². The van der Waals surface area contributed by atoms with Crippen LogP contribution in [-0.4, -0.2) is 67.6 Å². The molecule has 0 aliphatic carbocycles. The normalized spacial score (nSPS) is 14.1. The van der Waals surface area contributed by atoms with E-state index in [1.54, 1.807) is 12.1 Å². The van der Waals surface area contributed by atoms with Crippen molar-refractivity contribution >= 4 is 17.5 Å². The van der Waals surface area contributed by atoms with Gasteiger partial charge in [-0.1, -0.05) is 32.0 Å². The zero-order valence-electron chi connectivity index (χ0n) is 19.0. The van der Waals surface area contributed by atoms with Gasteiger partial charge in [-0.2, -0.15) is 0 Å². The second kappa shape index (κ2) is 12.1. The lowest BCUT2D eigenvalue weighted by atomic mass is 10.1. The summed E-state index contributed by atoms with van der Waals surface area (Å²) in [7, 11) is 0. The molecule has 2 aromatic rings. The predicted octanol–water partition coefficient (Wildman–Crippen LogP) is 3.66. The van der Waals surface area contributed by atoms with Gasteiger partial charge < -0.3 is 19.7 Å². The van der Waals surface area contributed by atoms with Crippen molar-refractivity contribution in [1.82, 2.24) is 9.80 Å². The van der Waals surface area contributed by atoms with Gasteiger partial charge in [0.1, 0.15) is 0 Å². The Hall–Kier alpha value is -3.06. The summed E-state index contributed by atoms with van der Waals surface area (Å²) in [5, 5.41) is 2.90. The molecule has 1 aliphatic rings. The van der Waals surface area contributed by atoms with Crippen LogP contribution in [0.4, 0.5) is 5.69 Å². The van der Waals surface area contributed by atoms with Crippen molar-refractivity contribution < 1.29 is 19.1 Å². The molecule has 1 saturated heterocycles. The van der Waals surface area contributed by atoms with Crippen molar-refractivity contribution in [2.45, 2.75) is 26.7 Å².